The van der Waals surface area contributed by atoms with Crippen molar-refractivity contribution in [2.45, 2.75) is 26.2 Å². The van der Waals surface area contributed by atoms with Gasteiger partial charge in [0.1, 0.15) is 0 Å². The van der Waals surface area contributed by atoms with Crippen LogP contribution < -0.4 is 4.90 Å². The van der Waals surface area contributed by atoms with Crippen molar-refractivity contribution in [1.82, 2.24) is 4.98 Å². The first kappa shape index (κ1) is 16.6. The number of aromatic nitrogens is 1. The first-order chi connectivity index (χ1) is 12.6. The van der Waals surface area contributed by atoms with Crippen LogP contribution in [0.25, 0.3) is 10.9 Å². The van der Waals surface area contributed by atoms with Crippen LogP contribution in [0.4, 0.5) is 5.69 Å². The SMILES string of the molecule is Cc1nc2ccc(CC(=O)O)cc2c2c1CCN2CCc1ccccc1. The maximum Gasteiger partial charge on any atom is 0.307 e. The Bertz CT molecular complexity index is 967. The van der Waals surface area contributed by atoms with Gasteiger partial charge in [-0.15, -0.1) is 0 Å². The molecule has 0 radical (unpaired) electrons. The summed E-state index contributed by atoms with van der Waals surface area (Å²) in [7, 11) is 0. The molecule has 0 bridgehead atoms. The number of pyridine rings is 1. The molecule has 26 heavy (non-hydrogen) atoms. The lowest BCUT2D eigenvalue weighted by Crippen LogP contribution is -2.23. The topological polar surface area (TPSA) is 53.4 Å². The minimum atomic E-state index is -0.804. The van der Waals surface area contributed by atoms with Crippen LogP contribution in [0.2, 0.25) is 0 Å². The second kappa shape index (κ2) is 6.79. The van der Waals surface area contributed by atoms with Crippen LogP contribution >= 0.6 is 0 Å². The van der Waals surface area contributed by atoms with Crippen LogP contribution in [-0.2, 0) is 24.1 Å². The summed E-state index contributed by atoms with van der Waals surface area (Å²) >= 11 is 0. The largest absolute Gasteiger partial charge is 0.481 e. The fourth-order valence-electron chi connectivity index (χ4n) is 3.89. The van der Waals surface area contributed by atoms with Crippen LogP contribution in [0.5, 0.6) is 0 Å². The Kier molecular flexibility index (Phi) is 4.33. The first-order valence-electron chi connectivity index (χ1n) is 9.04. The molecular formula is C22H22N2O2. The van der Waals surface area contributed by atoms with E-state index in [9.17, 15) is 4.79 Å². The van der Waals surface area contributed by atoms with Crippen molar-refractivity contribution in [3.63, 3.8) is 0 Å². The maximum absolute atomic E-state index is 11.1. The molecule has 1 aromatic heterocycles. The van der Waals surface area contributed by atoms with Gasteiger partial charge in [0.05, 0.1) is 17.6 Å². The summed E-state index contributed by atoms with van der Waals surface area (Å²) in [6.45, 7) is 4.02. The molecule has 132 valence electrons. The molecule has 4 nitrogen and oxygen atoms in total. The Hall–Kier alpha value is -2.88. The second-order valence-corrected chi connectivity index (χ2v) is 6.92. The Morgan fingerprint density at radius 3 is 2.73 bits per heavy atom. The van der Waals surface area contributed by atoms with Crippen molar-refractivity contribution < 1.29 is 9.90 Å². The second-order valence-electron chi connectivity index (χ2n) is 6.92. The van der Waals surface area contributed by atoms with E-state index in [4.69, 9.17) is 10.1 Å². The minimum absolute atomic E-state index is 0.0443. The van der Waals surface area contributed by atoms with Crippen molar-refractivity contribution in [3.8, 4) is 0 Å². The number of rotatable bonds is 5. The number of fused-ring (bicyclic) bond motifs is 3. The molecule has 0 atom stereocenters. The number of nitrogens with zero attached hydrogens (tertiary/aromatic N) is 2. The highest BCUT2D eigenvalue weighted by Gasteiger charge is 2.24. The predicted molar refractivity (Wildman–Crippen MR) is 104 cm³/mol. The zero-order valence-electron chi connectivity index (χ0n) is 14.9. The molecule has 4 heteroatoms. The maximum atomic E-state index is 11.1. The number of benzene rings is 2. The molecule has 2 heterocycles. The molecule has 2 aromatic carbocycles. The molecule has 1 N–H and O–H groups in total. The van der Waals surface area contributed by atoms with E-state index in [2.05, 4.69) is 36.1 Å². The molecule has 0 saturated heterocycles. The monoisotopic (exact) mass is 346 g/mol. The van der Waals surface area contributed by atoms with Gasteiger partial charge in [0.15, 0.2) is 0 Å². The third-order valence-corrected chi connectivity index (χ3v) is 5.14. The number of hydrogen-bond acceptors (Lipinski definition) is 3. The predicted octanol–water partition coefficient (Wildman–Crippen LogP) is 3.78. The van der Waals surface area contributed by atoms with E-state index in [0.717, 1.165) is 48.1 Å². The number of aliphatic carboxylic acids is 1. The highest BCUT2D eigenvalue weighted by molar-refractivity contribution is 5.96. The number of anilines is 1. The molecule has 0 amide bonds. The summed E-state index contributed by atoms with van der Waals surface area (Å²) in [6.07, 6.45) is 2.04. The van der Waals surface area contributed by atoms with E-state index in [0.29, 0.717) is 0 Å². The van der Waals surface area contributed by atoms with E-state index < -0.39 is 5.97 Å². The van der Waals surface area contributed by atoms with Gasteiger partial charge in [-0.1, -0.05) is 36.4 Å². The Morgan fingerprint density at radius 1 is 1.15 bits per heavy atom. The van der Waals surface area contributed by atoms with Crippen molar-refractivity contribution >= 4 is 22.6 Å². The van der Waals surface area contributed by atoms with Crippen molar-refractivity contribution in [2.24, 2.45) is 0 Å². The van der Waals surface area contributed by atoms with Crippen molar-refractivity contribution in [3.05, 3.63) is 70.9 Å². The lowest BCUT2D eigenvalue weighted by Gasteiger charge is -2.22. The van der Waals surface area contributed by atoms with Gasteiger partial charge in [0.2, 0.25) is 0 Å². The van der Waals surface area contributed by atoms with Crippen LogP contribution in [0.3, 0.4) is 0 Å². The molecule has 0 spiro atoms. The van der Waals surface area contributed by atoms with Crippen LogP contribution in [0.15, 0.2) is 48.5 Å². The minimum Gasteiger partial charge on any atom is -0.481 e. The number of carboxylic acid groups (broad SMARTS) is 1. The zero-order chi connectivity index (χ0) is 18.1. The Balaban J connectivity index is 1.71. The van der Waals surface area contributed by atoms with Gasteiger partial charge in [0.25, 0.3) is 0 Å². The zero-order valence-corrected chi connectivity index (χ0v) is 14.9. The van der Waals surface area contributed by atoms with Crippen molar-refractivity contribution in [2.75, 3.05) is 18.0 Å². The summed E-state index contributed by atoms with van der Waals surface area (Å²) in [4.78, 5) is 18.3. The van der Waals surface area contributed by atoms with Gasteiger partial charge < -0.3 is 10.0 Å². The molecule has 1 aliphatic heterocycles. The lowest BCUT2D eigenvalue weighted by molar-refractivity contribution is -0.136. The smallest absolute Gasteiger partial charge is 0.307 e. The van der Waals surface area contributed by atoms with Gasteiger partial charge >= 0.3 is 5.97 Å². The van der Waals surface area contributed by atoms with Crippen LogP contribution in [0, 0.1) is 6.92 Å². The quantitative estimate of drug-likeness (QED) is 0.764. The normalized spacial score (nSPS) is 13.2. The molecule has 1 aliphatic rings. The molecule has 4 rings (SSSR count). The highest BCUT2D eigenvalue weighted by atomic mass is 16.4. The van der Waals surface area contributed by atoms with Crippen LogP contribution in [-0.4, -0.2) is 29.1 Å². The molecule has 0 fully saturated rings. The van der Waals surface area contributed by atoms with Gasteiger partial charge in [-0.25, -0.2) is 0 Å². The standard InChI is InChI=1S/C22H22N2O2/c1-15-18-10-12-24(11-9-16-5-3-2-4-6-16)22(18)19-13-17(14-21(25)26)7-8-20(19)23-15/h2-8,13H,9-12,14H2,1H3,(H,25,26). The van der Waals surface area contributed by atoms with E-state index >= 15 is 0 Å². The number of carboxylic acids is 1. The highest BCUT2D eigenvalue weighted by Crippen LogP contribution is 2.37. The summed E-state index contributed by atoms with van der Waals surface area (Å²) < 4.78 is 0. The first-order valence-corrected chi connectivity index (χ1v) is 9.04. The average molecular weight is 346 g/mol. The summed E-state index contributed by atoms with van der Waals surface area (Å²) in [5.41, 5.74) is 6.74. The summed E-state index contributed by atoms with van der Waals surface area (Å²) in [5, 5.41) is 10.2. The molecular weight excluding hydrogens is 324 g/mol. The van der Waals surface area contributed by atoms with Gasteiger partial charge in [-0.05, 0) is 48.6 Å². The third kappa shape index (κ3) is 3.15. The average Bonchev–Trinajstić information content (AvgIpc) is 3.06. The van der Waals surface area contributed by atoms with Gasteiger partial charge in [-0.2, -0.15) is 0 Å². The van der Waals surface area contributed by atoms with E-state index in [1.165, 1.54) is 16.8 Å². The van der Waals surface area contributed by atoms with E-state index in [1.54, 1.807) is 0 Å². The molecule has 0 saturated carbocycles. The lowest BCUT2D eigenvalue weighted by atomic mass is 10.0. The fraction of sp³-hybridized carbons (Fsp3) is 0.273. The number of hydrogen-bond donors (Lipinski definition) is 1. The fourth-order valence-corrected chi connectivity index (χ4v) is 3.89. The van der Waals surface area contributed by atoms with Crippen molar-refractivity contribution in [1.29, 1.82) is 0 Å². The Morgan fingerprint density at radius 2 is 1.96 bits per heavy atom. The Labute approximate surface area is 153 Å². The van der Waals surface area contributed by atoms with Gasteiger partial charge in [-0.3, -0.25) is 9.78 Å². The number of aryl methyl sites for hydroxylation is 1. The molecule has 3 aromatic rings. The van der Waals surface area contributed by atoms with E-state index in [1.807, 2.05) is 24.3 Å². The molecule has 0 aliphatic carbocycles. The van der Waals surface area contributed by atoms with Gasteiger partial charge in [0, 0.05) is 24.2 Å². The summed E-state index contributed by atoms with van der Waals surface area (Å²) in [5.74, 6) is -0.804. The summed E-state index contributed by atoms with van der Waals surface area (Å²) in [6, 6.07) is 16.4. The molecule has 0 unspecified atom stereocenters. The third-order valence-electron chi connectivity index (χ3n) is 5.14. The number of carbonyl (C=O) groups is 1. The van der Waals surface area contributed by atoms with Crippen LogP contribution in [0.1, 0.15) is 22.4 Å². The van der Waals surface area contributed by atoms with E-state index in [-0.39, 0.29) is 6.42 Å².